The summed E-state index contributed by atoms with van der Waals surface area (Å²) >= 11 is 12.0. The van der Waals surface area contributed by atoms with Crippen molar-refractivity contribution < 1.29 is 24.2 Å². The molecule has 34 heavy (non-hydrogen) atoms. The third-order valence-electron chi connectivity index (χ3n) is 5.23. The van der Waals surface area contributed by atoms with E-state index in [1.165, 1.54) is 6.33 Å². The largest absolute Gasteiger partial charge is 0.369 e. The van der Waals surface area contributed by atoms with Gasteiger partial charge >= 0.3 is 10.2 Å². The lowest BCUT2D eigenvalue weighted by Gasteiger charge is -2.40. The molecule has 0 saturated heterocycles. The minimum atomic E-state index is -10.1. The fourth-order valence-corrected chi connectivity index (χ4v) is 4.93. The number of H-pyrrole nitrogens is 1. The molecule has 4 rings (SSSR count). The average Bonchev–Trinajstić information content (AvgIpc) is 3.18. The Morgan fingerprint density at radius 3 is 2.32 bits per heavy atom. The number of rotatable bonds is 7. The Morgan fingerprint density at radius 1 is 1.26 bits per heavy atom. The van der Waals surface area contributed by atoms with Gasteiger partial charge in [-0.05, 0) is 25.0 Å². The SMILES string of the molecule is N#Cc1nn(-c2c(Cl)cc(S(F)(F)(F)(F)F)cc2Cl)c(NCc2ncn[nH]2)c1C1(C(N)=O)CC1. The topological polar surface area (TPSA) is 138 Å². The number of primary amides is 1. The second-order valence-corrected chi connectivity index (χ2v) is 10.8. The average molecular weight is 543 g/mol. The van der Waals surface area contributed by atoms with Gasteiger partial charge in [-0.25, -0.2) is 9.67 Å². The van der Waals surface area contributed by atoms with E-state index < -0.39 is 42.2 Å². The van der Waals surface area contributed by atoms with E-state index in [2.05, 4.69) is 25.6 Å². The van der Waals surface area contributed by atoms with Gasteiger partial charge in [0.05, 0.1) is 22.0 Å². The van der Waals surface area contributed by atoms with Crippen molar-refractivity contribution >= 4 is 45.2 Å². The Labute approximate surface area is 197 Å². The van der Waals surface area contributed by atoms with Crippen molar-refractivity contribution in [3.8, 4) is 11.8 Å². The first-order valence-corrected chi connectivity index (χ1v) is 11.9. The maximum absolute atomic E-state index is 13.3. The summed E-state index contributed by atoms with van der Waals surface area (Å²) in [4.78, 5) is 13.8. The molecule has 1 fully saturated rings. The highest BCUT2D eigenvalue weighted by atomic mass is 35.5. The Hall–Kier alpha value is -3.09. The third-order valence-corrected chi connectivity index (χ3v) is 6.93. The van der Waals surface area contributed by atoms with Crippen molar-refractivity contribution in [2.24, 2.45) is 5.73 Å². The second kappa shape index (κ2) is 6.96. The van der Waals surface area contributed by atoms with Crippen LogP contribution in [0, 0.1) is 11.3 Å². The fourth-order valence-electron chi connectivity index (χ4n) is 3.47. The van der Waals surface area contributed by atoms with Crippen LogP contribution in [0.5, 0.6) is 0 Å². The van der Waals surface area contributed by atoms with Crippen LogP contribution in [0.15, 0.2) is 23.4 Å². The molecule has 2 heterocycles. The van der Waals surface area contributed by atoms with Gasteiger partial charge < -0.3 is 11.1 Å². The Bertz CT molecular complexity index is 1340. The number of hydrogen-bond donors (Lipinski definition) is 3. The lowest BCUT2D eigenvalue weighted by atomic mass is 9.94. The molecule has 4 N–H and O–H groups in total. The number of nitriles is 1. The number of anilines is 1. The van der Waals surface area contributed by atoms with E-state index >= 15 is 0 Å². The maximum Gasteiger partial charge on any atom is 0.310 e. The fraction of sp³-hybridized carbons (Fsp3) is 0.235. The second-order valence-electron chi connectivity index (χ2n) is 7.53. The lowest BCUT2D eigenvalue weighted by Crippen LogP contribution is -2.29. The van der Waals surface area contributed by atoms with Crippen LogP contribution in [-0.2, 0) is 16.8 Å². The number of carbonyl (C=O) groups excluding carboxylic acids is 1. The molecule has 17 heteroatoms. The number of nitrogens with one attached hydrogen (secondary N) is 2. The number of nitrogens with zero attached hydrogens (tertiary/aromatic N) is 5. The Kier molecular flexibility index (Phi) is 4.93. The summed E-state index contributed by atoms with van der Waals surface area (Å²) in [7, 11) is -10.1. The standard InChI is InChI=1S/C17H13Cl2F5N8OS/c18-9-3-8(34(20,21,22,23)24)4-10(19)14(9)32-15(27-6-12-28-7-29-30-12)13(11(5-25)31-32)17(1-2-17)16(26)33/h3-4,7,27H,1-2,6H2,(H2,26,33)(H,28,29,30). The van der Waals surface area contributed by atoms with Crippen molar-refractivity contribution in [3.05, 3.63) is 45.6 Å². The van der Waals surface area contributed by atoms with Crippen molar-refractivity contribution in [1.82, 2.24) is 25.0 Å². The third kappa shape index (κ3) is 4.12. The quantitative estimate of drug-likeness (QED) is 0.361. The molecule has 1 aliphatic carbocycles. The van der Waals surface area contributed by atoms with Crippen LogP contribution in [0.25, 0.3) is 5.69 Å². The summed E-state index contributed by atoms with van der Waals surface area (Å²) in [6, 6.07) is 1.86. The van der Waals surface area contributed by atoms with Crippen molar-refractivity contribution in [3.63, 3.8) is 0 Å². The zero-order valence-corrected chi connectivity index (χ0v) is 19.0. The number of amides is 1. The van der Waals surface area contributed by atoms with E-state index in [1.54, 1.807) is 0 Å². The summed E-state index contributed by atoms with van der Waals surface area (Å²) in [6.45, 7) is -0.0583. The van der Waals surface area contributed by atoms with Crippen LogP contribution < -0.4 is 11.1 Å². The molecule has 2 aromatic heterocycles. The van der Waals surface area contributed by atoms with Gasteiger partial charge in [-0.2, -0.15) is 15.5 Å². The van der Waals surface area contributed by atoms with E-state index in [-0.39, 0.29) is 48.6 Å². The summed E-state index contributed by atoms with van der Waals surface area (Å²) in [6.07, 6.45) is 1.78. The molecule has 3 aromatic rings. The highest BCUT2D eigenvalue weighted by molar-refractivity contribution is 8.45. The van der Waals surface area contributed by atoms with E-state index in [0.29, 0.717) is 5.82 Å². The number of aromatic amines is 1. The molecule has 0 radical (unpaired) electrons. The van der Waals surface area contributed by atoms with Crippen LogP contribution in [0.3, 0.4) is 0 Å². The molecule has 0 bridgehead atoms. The molecule has 0 atom stereocenters. The van der Waals surface area contributed by atoms with Crippen LogP contribution >= 0.6 is 33.4 Å². The summed E-state index contributed by atoms with van der Waals surface area (Å²) in [5.74, 6) is -0.484. The minimum Gasteiger partial charge on any atom is -0.369 e. The predicted octanol–water partition coefficient (Wildman–Crippen LogP) is 4.96. The number of carbonyl (C=O) groups is 1. The number of halogens is 7. The van der Waals surface area contributed by atoms with Gasteiger partial charge in [0.1, 0.15) is 34.6 Å². The van der Waals surface area contributed by atoms with Crippen molar-refractivity contribution in [2.45, 2.75) is 29.7 Å². The maximum atomic E-state index is 13.3. The molecular formula is C17H13Cl2F5N8OS. The Balaban J connectivity index is 1.95. The number of aromatic nitrogens is 5. The number of nitrogens with two attached hydrogens (primary N) is 1. The van der Waals surface area contributed by atoms with E-state index in [9.17, 15) is 29.5 Å². The first kappa shape index (κ1) is 24.0. The molecule has 0 aliphatic heterocycles. The van der Waals surface area contributed by atoms with E-state index in [4.69, 9.17) is 28.9 Å². The lowest BCUT2D eigenvalue weighted by molar-refractivity contribution is -0.120. The molecule has 1 saturated carbocycles. The Morgan fingerprint density at radius 2 is 1.88 bits per heavy atom. The monoisotopic (exact) mass is 542 g/mol. The molecule has 1 aromatic carbocycles. The van der Waals surface area contributed by atoms with Crippen LogP contribution in [0.4, 0.5) is 25.2 Å². The number of hydrogen-bond acceptors (Lipinski definition) is 6. The van der Waals surface area contributed by atoms with Gasteiger partial charge in [0.2, 0.25) is 5.91 Å². The van der Waals surface area contributed by atoms with Crippen molar-refractivity contribution in [2.75, 3.05) is 5.32 Å². The normalized spacial score (nSPS) is 16.9. The highest BCUT2D eigenvalue weighted by Crippen LogP contribution is 3.02. The summed E-state index contributed by atoms with van der Waals surface area (Å²) in [5.41, 5.74) is 3.66. The molecule has 1 amide bonds. The van der Waals surface area contributed by atoms with Gasteiger partial charge in [-0.1, -0.05) is 42.6 Å². The zero-order valence-electron chi connectivity index (χ0n) is 16.6. The van der Waals surface area contributed by atoms with Gasteiger partial charge in [-0.3, -0.25) is 9.89 Å². The molecular weight excluding hydrogens is 530 g/mol. The predicted molar refractivity (Wildman–Crippen MR) is 114 cm³/mol. The summed E-state index contributed by atoms with van der Waals surface area (Å²) < 4.78 is 67.4. The van der Waals surface area contributed by atoms with Gasteiger partial charge in [0, 0.05) is 5.56 Å². The van der Waals surface area contributed by atoms with Crippen LogP contribution in [0.2, 0.25) is 10.0 Å². The van der Waals surface area contributed by atoms with Gasteiger partial charge in [0.15, 0.2) is 5.69 Å². The first-order chi connectivity index (χ1) is 15.6. The van der Waals surface area contributed by atoms with Gasteiger partial charge in [0.25, 0.3) is 0 Å². The molecule has 9 nitrogen and oxygen atoms in total. The van der Waals surface area contributed by atoms with Gasteiger partial charge in [-0.15, -0.1) is 0 Å². The van der Waals surface area contributed by atoms with Crippen LogP contribution in [-0.4, -0.2) is 30.9 Å². The molecule has 1 aliphatic rings. The first-order valence-electron chi connectivity index (χ1n) is 9.22. The highest BCUT2D eigenvalue weighted by Gasteiger charge is 2.65. The zero-order chi connectivity index (χ0) is 25.2. The van der Waals surface area contributed by atoms with E-state index in [0.717, 1.165) is 4.68 Å². The van der Waals surface area contributed by atoms with Crippen LogP contribution in [0.1, 0.15) is 29.9 Å². The molecule has 182 valence electrons. The number of benzene rings is 1. The van der Waals surface area contributed by atoms with Crippen molar-refractivity contribution in [1.29, 1.82) is 5.26 Å². The smallest absolute Gasteiger partial charge is 0.310 e. The summed E-state index contributed by atoms with van der Waals surface area (Å²) in [5, 5.41) is 21.2. The molecule has 0 unspecified atom stereocenters. The molecule has 0 spiro atoms. The van der Waals surface area contributed by atoms with E-state index in [1.807, 2.05) is 6.07 Å². The minimum absolute atomic E-state index is 0.0267.